The van der Waals surface area contributed by atoms with Crippen molar-refractivity contribution in [2.75, 3.05) is 0 Å². The molecule has 0 N–H and O–H groups in total. The summed E-state index contributed by atoms with van der Waals surface area (Å²) in [6.07, 6.45) is 0. The van der Waals surface area contributed by atoms with Gasteiger partial charge in [-0.05, 0) is 24.3 Å². The monoisotopic (exact) mass is 262 g/mol. The molecule has 0 aliphatic rings. The third-order valence-electron chi connectivity index (χ3n) is 1.79. The zero-order valence-electron chi connectivity index (χ0n) is 9.30. The number of rotatable bonds is 2. The lowest BCUT2D eigenvalue weighted by molar-refractivity contribution is 0.559. The van der Waals surface area contributed by atoms with Crippen molar-refractivity contribution in [1.82, 2.24) is 0 Å². The van der Waals surface area contributed by atoms with E-state index in [0.717, 1.165) is 11.4 Å². The van der Waals surface area contributed by atoms with Gasteiger partial charge in [-0.2, -0.15) is 10.2 Å². The molecule has 0 amide bonds. The van der Waals surface area contributed by atoms with E-state index in [1.807, 2.05) is 60.7 Å². The second-order valence-electron chi connectivity index (χ2n) is 3.08. The van der Waals surface area contributed by atoms with Gasteiger partial charge in [0.15, 0.2) is 0 Å². The molecular weight excluding hydrogens is 252 g/mol. The predicted molar refractivity (Wildman–Crippen MR) is 66.8 cm³/mol. The van der Waals surface area contributed by atoms with Crippen LogP contribution in [-0.2, 0) is 10.6 Å². The summed E-state index contributed by atoms with van der Waals surface area (Å²) in [5, 5.41) is 8.20. The highest BCUT2D eigenvalue weighted by molar-refractivity contribution is 7.59. The Balaban J connectivity index is 0.000000357. The molecule has 0 aliphatic heterocycles. The Kier molecular flexibility index (Phi) is 5.99. The number of hydrogen-bond donors (Lipinski definition) is 0. The molecular formula is C12H10N2O3S. The van der Waals surface area contributed by atoms with Crippen LogP contribution >= 0.6 is 0 Å². The number of hydrogen-bond acceptors (Lipinski definition) is 5. The van der Waals surface area contributed by atoms with E-state index in [1.165, 1.54) is 0 Å². The van der Waals surface area contributed by atoms with Gasteiger partial charge in [0, 0.05) is 0 Å². The normalized spacial score (nSPS) is 9.56. The molecule has 0 unspecified atom stereocenters. The molecule has 0 saturated heterocycles. The summed E-state index contributed by atoms with van der Waals surface area (Å²) in [4.78, 5) is 0. The topological polar surface area (TPSA) is 75.9 Å². The van der Waals surface area contributed by atoms with Gasteiger partial charge in [-0.3, -0.25) is 0 Å². The molecule has 0 radical (unpaired) electrons. The van der Waals surface area contributed by atoms with Crippen molar-refractivity contribution in [1.29, 1.82) is 0 Å². The molecule has 5 nitrogen and oxygen atoms in total. The summed E-state index contributed by atoms with van der Waals surface area (Å²) < 4.78 is 25.3. The molecule has 2 aromatic rings. The van der Waals surface area contributed by atoms with Crippen molar-refractivity contribution in [2.45, 2.75) is 0 Å². The van der Waals surface area contributed by atoms with Gasteiger partial charge in [-0.15, -0.1) is 12.6 Å². The second-order valence-corrected chi connectivity index (χ2v) is 3.48. The van der Waals surface area contributed by atoms with Crippen molar-refractivity contribution < 1.29 is 12.6 Å². The Morgan fingerprint density at radius 2 is 0.889 bits per heavy atom. The fourth-order valence-corrected chi connectivity index (χ4v) is 1.10. The summed E-state index contributed by atoms with van der Waals surface area (Å²) in [5.41, 5.74) is 1.74. The van der Waals surface area contributed by atoms with Crippen LogP contribution in [0, 0.1) is 0 Å². The Morgan fingerprint density at radius 3 is 1.17 bits per heavy atom. The molecule has 0 spiro atoms. The van der Waals surface area contributed by atoms with Gasteiger partial charge in [0.2, 0.25) is 0 Å². The Labute approximate surface area is 106 Å². The summed E-state index contributed by atoms with van der Waals surface area (Å²) in [6.45, 7) is 0. The van der Waals surface area contributed by atoms with Crippen LogP contribution in [0.1, 0.15) is 0 Å². The van der Waals surface area contributed by atoms with Crippen LogP contribution in [0.3, 0.4) is 0 Å². The minimum absolute atomic E-state index is 0.872. The molecule has 0 atom stereocenters. The zero-order valence-corrected chi connectivity index (χ0v) is 10.1. The second kappa shape index (κ2) is 7.86. The molecule has 92 valence electrons. The summed E-state index contributed by atoms with van der Waals surface area (Å²) >= 11 is 0. The van der Waals surface area contributed by atoms with E-state index >= 15 is 0 Å². The third-order valence-corrected chi connectivity index (χ3v) is 1.79. The van der Waals surface area contributed by atoms with E-state index < -0.39 is 10.6 Å². The Morgan fingerprint density at radius 1 is 0.611 bits per heavy atom. The molecule has 18 heavy (non-hydrogen) atoms. The number of nitrogens with zero attached hydrogens (tertiary/aromatic N) is 2. The summed E-state index contributed by atoms with van der Waals surface area (Å²) in [6, 6.07) is 19.4. The van der Waals surface area contributed by atoms with Gasteiger partial charge < -0.3 is 0 Å². The number of azo groups is 1. The average Bonchev–Trinajstić information content (AvgIpc) is 2.38. The zero-order chi connectivity index (χ0) is 13.2. The van der Waals surface area contributed by atoms with E-state index in [9.17, 15) is 0 Å². The first-order chi connectivity index (χ1) is 8.68. The SMILES string of the molecule is O=S(=O)=O.c1ccc(N=Nc2ccccc2)cc1. The summed E-state index contributed by atoms with van der Waals surface area (Å²) in [5.74, 6) is 0. The third kappa shape index (κ3) is 6.29. The molecule has 0 heterocycles. The smallest absolute Gasteiger partial charge is 0.151 e. The molecule has 0 aliphatic carbocycles. The van der Waals surface area contributed by atoms with Gasteiger partial charge >= 0.3 is 10.6 Å². The first kappa shape index (κ1) is 13.7. The Hall–Kier alpha value is -2.34. The van der Waals surface area contributed by atoms with E-state index in [2.05, 4.69) is 10.2 Å². The first-order valence-electron chi connectivity index (χ1n) is 4.97. The maximum atomic E-state index is 8.44. The van der Waals surface area contributed by atoms with E-state index in [0.29, 0.717) is 0 Å². The number of benzene rings is 2. The van der Waals surface area contributed by atoms with Crippen molar-refractivity contribution in [3.63, 3.8) is 0 Å². The van der Waals surface area contributed by atoms with E-state index in [-0.39, 0.29) is 0 Å². The highest BCUT2D eigenvalue weighted by Gasteiger charge is 1.86. The minimum atomic E-state index is -3.11. The quantitative estimate of drug-likeness (QED) is 0.780. The lowest BCUT2D eigenvalue weighted by Crippen LogP contribution is -1.62. The van der Waals surface area contributed by atoms with Crippen molar-refractivity contribution in [3.05, 3.63) is 60.7 Å². The van der Waals surface area contributed by atoms with Crippen LogP contribution in [0.15, 0.2) is 70.9 Å². The Bertz CT molecular complexity index is 547. The molecule has 2 rings (SSSR count). The van der Waals surface area contributed by atoms with Gasteiger partial charge in [-0.25, -0.2) is 0 Å². The van der Waals surface area contributed by atoms with E-state index in [4.69, 9.17) is 12.6 Å². The van der Waals surface area contributed by atoms with Crippen LogP contribution in [0.2, 0.25) is 0 Å². The lowest BCUT2D eigenvalue weighted by Gasteiger charge is -1.91. The molecule has 6 heteroatoms. The standard InChI is InChI=1S/C12H10N2.O3S/c1-3-7-11(8-4-1)13-14-12-9-5-2-6-10-12;1-4(2)3/h1-10H;. The van der Waals surface area contributed by atoms with Crippen molar-refractivity contribution in [2.24, 2.45) is 10.2 Å². The van der Waals surface area contributed by atoms with Crippen LogP contribution in [0.25, 0.3) is 0 Å². The maximum absolute atomic E-state index is 8.44. The van der Waals surface area contributed by atoms with Gasteiger partial charge in [0.25, 0.3) is 0 Å². The van der Waals surface area contributed by atoms with Crippen molar-refractivity contribution >= 4 is 22.0 Å². The summed E-state index contributed by atoms with van der Waals surface area (Å²) in [7, 11) is -3.11. The average molecular weight is 262 g/mol. The first-order valence-corrected chi connectivity index (χ1v) is 5.97. The van der Waals surface area contributed by atoms with Crippen LogP contribution in [-0.4, -0.2) is 12.6 Å². The highest BCUT2D eigenvalue weighted by atomic mass is 32.2. The largest absolute Gasteiger partial charge is 0.425 e. The van der Waals surface area contributed by atoms with Crippen molar-refractivity contribution in [3.8, 4) is 0 Å². The molecule has 2 aromatic carbocycles. The van der Waals surface area contributed by atoms with Gasteiger partial charge in [0.05, 0.1) is 11.4 Å². The fraction of sp³-hybridized carbons (Fsp3) is 0. The molecule has 0 fully saturated rings. The molecule has 0 bridgehead atoms. The van der Waals surface area contributed by atoms with Gasteiger partial charge in [-0.1, -0.05) is 36.4 Å². The van der Waals surface area contributed by atoms with E-state index in [1.54, 1.807) is 0 Å². The minimum Gasteiger partial charge on any atom is -0.151 e. The van der Waals surface area contributed by atoms with Crippen LogP contribution < -0.4 is 0 Å². The fourth-order valence-electron chi connectivity index (χ4n) is 1.10. The van der Waals surface area contributed by atoms with Gasteiger partial charge in [0.1, 0.15) is 0 Å². The molecule has 0 aromatic heterocycles. The molecule has 0 saturated carbocycles. The maximum Gasteiger partial charge on any atom is 0.425 e. The predicted octanol–water partition coefficient (Wildman–Crippen LogP) is 3.10. The van der Waals surface area contributed by atoms with Crippen LogP contribution in [0.4, 0.5) is 11.4 Å². The highest BCUT2D eigenvalue weighted by Crippen LogP contribution is 2.16. The lowest BCUT2D eigenvalue weighted by atomic mass is 10.3. The van der Waals surface area contributed by atoms with Crippen LogP contribution in [0.5, 0.6) is 0 Å².